The Morgan fingerprint density at radius 3 is 2.40 bits per heavy atom. The van der Waals surface area contributed by atoms with E-state index >= 15 is 0 Å². The average Bonchev–Trinajstić information content (AvgIpc) is 3.41. The van der Waals surface area contributed by atoms with Crippen LogP contribution in [0.25, 0.3) is 49.5 Å². The van der Waals surface area contributed by atoms with Crippen molar-refractivity contribution in [1.29, 1.82) is 0 Å². The molecule has 2 nitrogen and oxygen atoms in total. The van der Waals surface area contributed by atoms with Crippen LogP contribution in [0.15, 0.2) is 139 Å². The van der Waals surface area contributed by atoms with Crippen molar-refractivity contribution in [2.75, 3.05) is 4.90 Å². The van der Waals surface area contributed by atoms with Gasteiger partial charge in [-0.15, -0.1) is 0 Å². The fraction of sp³-hybridized carbons (Fsp3) is 0.0976. The Hall–Kier alpha value is -5.21. The highest BCUT2D eigenvalue weighted by Crippen LogP contribution is 2.50. The van der Waals surface area contributed by atoms with Crippen LogP contribution in [0.3, 0.4) is 0 Å². The third-order valence-corrected chi connectivity index (χ3v) is 9.31. The number of nitrogens with zero attached hydrogens (tertiary/aromatic N) is 2. The molecule has 0 spiro atoms. The Labute approximate surface area is 252 Å². The SMILES string of the molecule is C1=CC(N(c2cccc(-c3ccc4c5c3CCC=C5c3ccccc3-4)c2)c2cc3cccnc3c3ccccc23)=CCC1. The van der Waals surface area contributed by atoms with Crippen LogP contribution < -0.4 is 4.90 Å². The lowest BCUT2D eigenvalue weighted by Gasteiger charge is -2.30. The van der Waals surface area contributed by atoms with E-state index in [9.17, 15) is 0 Å². The minimum atomic E-state index is 1.04. The molecule has 0 fully saturated rings. The first-order chi connectivity index (χ1) is 21.3. The molecule has 1 aromatic heterocycles. The zero-order chi connectivity index (χ0) is 28.3. The Morgan fingerprint density at radius 1 is 0.628 bits per heavy atom. The van der Waals surface area contributed by atoms with Crippen molar-refractivity contribution in [1.82, 2.24) is 4.98 Å². The van der Waals surface area contributed by atoms with Crippen LogP contribution in [0.1, 0.15) is 36.0 Å². The summed E-state index contributed by atoms with van der Waals surface area (Å²) in [6, 6.07) is 38.0. The van der Waals surface area contributed by atoms with Crippen molar-refractivity contribution in [3.63, 3.8) is 0 Å². The monoisotopic (exact) mass is 550 g/mol. The summed E-state index contributed by atoms with van der Waals surface area (Å²) in [4.78, 5) is 7.22. The molecule has 0 amide bonds. The van der Waals surface area contributed by atoms with E-state index in [2.05, 4.69) is 126 Å². The van der Waals surface area contributed by atoms with Gasteiger partial charge in [0.1, 0.15) is 0 Å². The normalized spacial score (nSPS) is 14.8. The molecule has 5 aromatic carbocycles. The van der Waals surface area contributed by atoms with Crippen LogP contribution in [0, 0.1) is 0 Å². The van der Waals surface area contributed by atoms with Gasteiger partial charge in [0.2, 0.25) is 0 Å². The maximum absolute atomic E-state index is 4.77. The van der Waals surface area contributed by atoms with Crippen molar-refractivity contribution < 1.29 is 0 Å². The summed E-state index contributed by atoms with van der Waals surface area (Å²) in [5.41, 5.74) is 15.7. The highest BCUT2D eigenvalue weighted by atomic mass is 15.1. The lowest BCUT2D eigenvalue weighted by atomic mass is 9.84. The zero-order valence-corrected chi connectivity index (χ0v) is 23.9. The first kappa shape index (κ1) is 24.4. The molecule has 0 N–H and O–H groups in total. The van der Waals surface area contributed by atoms with E-state index in [1.807, 2.05) is 12.3 Å². The molecule has 2 heteroatoms. The number of pyridine rings is 1. The summed E-state index contributed by atoms with van der Waals surface area (Å²) >= 11 is 0. The number of fused-ring (bicyclic) bond motifs is 6. The van der Waals surface area contributed by atoms with Gasteiger partial charge in [0.05, 0.1) is 11.2 Å². The van der Waals surface area contributed by atoms with Crippen LogP contribution in [-0.4, -0.2) is 4.98 Å². The van der Waals surface area contributed by atoms with E-state index in [0.29, 0.717) is 0 Å². The number of hydrogen-bond acceptors (Lipinski definition) is 2. The zero-order valence-electron chi connectivity index (χ0n) is 23.9. The van der Waals surface area contributed by atoms with Crippen molar-refractivity contribution in [2.45, 2.75) is 25.7 Å². The van der Waals surface area contributed by atoms with Gasteiger partial charge in [0.25, 0.3) is 0 Å². The van der Waals surface area contributed by atoms with Crippen LogP contribution in [0.2, 0.25) is 0 Å². The molecule has 0 atom stereocenters. The number of hydrogen-bond donors (Lipinski definition) is 0. The van der Waals surface area contributed by atoms with Crippen LogP contribution in [0.5, 0.6) is 0 Å². The third kappa shape index (κ3) is 3.76. The van der Waals surface area contributed by atoms with Crippen molar-refractivity contribution in [3.8, 4) is 22.3 Å². The predicted molar refractivity (Wildman–Crippen MR) is 181 cm³/mol. The number of benzene rings is 5. The van der Waals surface area contributed by atoms with E-state index in [0.717, 1.165) is 36.6 Å². The smallest absolute Gasteiger partial charge is 0.0781 e. The van der Waals surface area contributed by atoms with Gasteiger partial charge in [0, 0.05) is 33.7 Å². The second-order valence-electron chi connectivity index (χ2n) is 11.7. The van der Waals surface area contributed by atoms with Crippen molar-refractivity contribution >= 4 is 38.6 Å². The number of aromatic nitrogens is 1. The summed E-state index contributed by atoms with van der Waals surface area (Å²) in [5, 5.41) is 3.54. The molecule has 1 heterocycles. The van der Waals surface area contributed by atoms with Gasteiger partial charge in [-0.2, -0.15) is 0 Å². The number of allylic oxidation sites excluding steroid dienone is 4. The second-order valence-corrected chi connectivity index (χ2v) is 11.7. The highest BCUT2D eigenvalue weighted by molar-refractivity contribution is 6.12. The summed E-state index contributed by atoms with van der Waals surface area (Å²) in [6.45, 7) is 0. The molecule has 0 saturated heterocycles. The number of anilines is 2. The first-order valence-corrected chi connectivity index (χ1v) is 15.3. The van der Waals surface area contributed by atoms with E-state index in [-0.39, 0.29) is 0 Å². The van der Waals surface area contributed by atoms with E-state index < -0.39 is 0 Å². The van der Waals surface area contributed by atoms with E-state index in [1.54, 1.807) is 0 Å². The molecule has 3 aliphatic carbocycles. The maximum Gasteiger partial charge on any atom is 0.0781 e. The van der Waals surface area contributed by atoms with Crippen molar-refractivity contribution in [3.05, 3.63) is 156 Å². The Balaban J connectivity index is 1.24. The summed E-state index contributed by atoms with van der Waals surface area (Å²) < 4.78 is 0. The molecule has 0 unspecified atom stereocenters. The lowest BCUT2D eigenvalue weighted by molar-refractivity contribution is 0.984. The predicted octanol–water partition coefficient (Wildman–Crippen LogP) is 10.8. The lowest BCUT2D eigenvalue weighted by Crippen LogP contribution is -2.17. The van der Waals surface area contributed by atoms with Crippen LogP contribution in [-0.2, 0) is 6.42 Å². The molecule has 0 aliphatic heterocycles. The molecule has 3 aliphatic rings. The van der Waals surface area contributed by atoms with Crippen LogP contribution in [0.4, 0.5) is 11.4 Å². The Morgan fingerprint density at radius 2 is 1.49 bits per heavy atom. The standard InChI is InChI=1S/C41H30N2/c1-2-13-29(14-3-1)43(39-26-28-12-10-24-42-41(28)38-19-7-6-18-34(38)39)30-15-8-11-27(25-30)31-22-23-37-33-17-5-4-16-32(33)36-21-9-20-35(31)40(36)37/h2,4-8,10-19,21-26H,1,3,9,20H2. The Bertz CT molecular complexity index is 2200. The fourth-order valence-electron chi connectivity index (χ4n) is 7.46. The van der Waals surface area contributed by atoms with Gasteiger partial charge in [-0.1, -0.05) is 97.1 Å². The maximum atomic E-state index is 4.77. The minimum absolute atomic E-state index is 1.04. The summed E-state index contributed by atoms with van der Waals surface area (Å²) in [6.07, 6.45) is 15.6. The third-order valence-electron chi connectivity index (χ3n) is 9.31. The molecule has 43 heavy (non-hydrogen) atoms. The summed E-state index contributed by atoms with van der Waals surface area (Å²) in [5.74, 6) is 0. The molecule has 6 aromatic rings. The first-order valence-electron chi connectivity index (χ1n) is 15.3. The van der Waals surface area contributed by atoms with Gasteiger partial charge in [-0.3, -0.25) is 4.98 Å². The van der Waals surface area contributed by atoms with Crippen molar-refractivity contribution in [2.24, 2.45) is 0 Å². The van der Waals surface area contributed by atoms with E-state index in [4.69, 9.17) is 4.98 Å². The second kappa shape index (κ2) is 9.68. The van der Waals surface area contributed by atoms with Gasteiger partial charge < -0.3 is 4.90 Å². The highest BCUT2D eigenvalue weighted by Gasteiger charge is 2.29. The topological polar surface area (TPSA) is 16.1 Å². The molecule has 0 bridgehead atoms. The van der Waals surface area contributed by atoms with Gasteiger partial charge >= 0.3 is 0 Å². The molecule has 0 radical (unpaired) electrons. The Kier molecular flexibility index (Phi) is 5.49. The van der Waals surface area contributed by atoms with Gasteiger partial charge in [-0.25, -0.2) is 0 Å². The van der Waals surface area contributed by atoms with Gasteiger partial charge in [0.15, 0.2) is 0 Å². The van der Waals surface area contributed by atoms with E-state index in [1.165, 1.54) is 72.4 Å². The average molecular weight is 551 g/mol. The quantitative estimate of drug-likeness (QED) is 0.203. The number of rotatable bonds is 4. The minimum Gasteiger partial charge on any atom is -0.310 e. The molecule has 204 valence electrons. The van der Waals surface area contributed by atoms with Gasteiger partial charge in [-0.05, 0) is 101 Å². The van der Waals surface area contributed by atoms with Crippen LogP contribution >= 0.6 is 0 Å². The molecular formula is C41H30N2. The largest absolute Gasteiger partial charge is 0.310 e. The molecule has 9 rings (SSSR count). The molecule has 0 saturated carbocycles. The summed E-state index contributed by atoms with van der Waals surface area (Å²) in [7, 11) is 0. The fourth-order valence-corrected chi connectivity index (χ4v) is 7.46. The molecular weight excluding hydrogens is 520 g/mol.